The number of hydrogen-bond donors (Lipinski definition) is 1. The molecular formula is C8H15NO3. The maximum Gasteiger partial charge on any atom is 0.248 e. The molecule has 1 aliphatic rings. The van der Waals surface area contributed by atoms with Gasteiger partial charge in [-0.25, -0.2) is 0 Å². The Morgan fingerprint density at radius 1 is 1.75 bits per heavy atom. The van der Waals surface area contributed by atoms with Crippen molar-refractivity contribution < 1.29 is 14.6 Å². The molecule has 70 valence electrons. The molecule has 0 aliphatic carbocycles. The number of aliphatic hydroxyl groups excluding tert-OH is 1. The third-order valence-corrected chi connectivity index (χ3v) is 2.18. The van der Waals surface area contributed by atoms with Crippen molar-refractivity contribution in [1.82, 2.24) is 4.90 Å². The van der Waals surface area contributed by atoms with Crippen molar-refractivity contribution in [2.75, 3.05) is 26.8 Å². The zero-order chi connectivity index (χ0) is 9.19. The lowest BCUT2D eigenvalue weighted by atomic mass is 10.0. The molecule has 1 amide bonds. The fourth-order valence-electron chi connectivity index (χ4n) is 1.37. The molecular weight excluding hydrogens is 158 g/mol. The Morgan fingerprint density at radius 3 is 2.92 bits per heavy atom. The molecule has 0 bridgehead atoms. The summed E-state index contributed by atoms with van der Waals surface area (Å²) in [4.78, 5) is 12.7. The van der Waals surface area contributed by atoms with E-state index in [2.05, 4.69) is 0 Å². The Labute approximate surface area is 72.1 Å². The number of likely N-dealkylation sites (N-methyl/N-ethyl adjacent to an activating group) is 1. The van der Waals surface area contributed by atoms with Gasteiger partial charge in [0.15, 0.2) is 0 Å². The lowest BCUT2D eigenvalue weighted by Crippen LogP contribution is -2.51. The van der Waals surface area contributed by atoms with Gasteiger partial charge in [0.05, 0.1) is 5.60 Å². The summed E-state index contributed by atoms with van der Waals surface area (Å²) in [6, 6.07) is 0. The summed E-state index contributed by atoms with van der Waals surface area (Å²) in [6.07, 6.45) is 0.574. The van der Waals surface area contributed by atoms with Gasteiger partial charge in [0.2, 0.25) is 5.91 Å². The fraction of sp³-hybridized carbons (Fsp3) is 0.875. The highest BCUT2D eigenvalue weighted by atomic mass is 16.5. The monoisotopic (exact) mass is 173 g/mol. The topological polar surface area (TPSA) is 49.8 Å². The van der Waals surface area contributed by atoms with Crippen molar-refractivity contribution in [2.45, 2.75) is 18.9 Å². The van der Waals surface area contributed by atoms with Crippen LogP contribution in [0.2, 0.25) is 0 Å². The van der Waals surface area contributed by atoms with Gasteiger partial charge >= 0.3 is 0 Å². The molecule has 1 unspecified atom stereocenters. The molecule has 1 N–H and O–H groups in total. The zero-order valence-corrected chi connectivity index (χ0v) is 7.54. The Morgan fingerprint density at radius 2 is 2.42 bits per heavy atom. The van der Waals surface area contributed by atoms with Crippen LogP contribution in [-0.4, -0.2) is 48.3 Å². The van der Waals surface area contributed by atoms with Crippen LogP contribution in [0.25, 0.3) is 0 Å². The smallest absolute Gasteiger partial charge is 0.248 e. The first-order valence-electron chi connectivity index (χ1n) is 4.06. The van der Waals surface area contributed by atoms with E-state index in [0.717, 1.165) is 0 Å². The van der Waals surface area contributed by atoms with Crippen LogP contribution < -0.4 is 0 Å². The van der Waals surface area contributed by atoms with Crippen LogP contribution in [0.5, 0.6) is 0 Å². The van der Waals surface area contributed by atoms with E-state index in [-0.39, 0.29) is 24.7 Å². The van der Waals surface area contributed by atoms with E-state index in [1.54, 1.807) is 11.9 Å². The minimum Gasteiger partial charge on any atom is -0.396 e. The van der Waals surface area contributed by atoms with Crippen molar-refractivity contribution in [3.63, 3.8) is 0 Å². The Kier molecular flexibility index (Phi) is 2.69. The third-order valence-electron chi connectivity index (χ3n) is 2.18. The molecule has 0 aromatic carbocycles. The van der Waals surface area contributed by atoms with Crippen molar-refractivity contribution in [2.24, 2.45) is 0 Å². The second-order valence-corrected chi connectivity index (χ2v) is 3.46. The first kappa shape index (κ1) is 9.48. The van der Waals surface area contributed by atoms with Gasteiger partial charge in [-0.1, -0.05) is 0 Å². The number of morpholine rings is 1. The summed E-state index contributed by atoms with van der Waals surface area (Å²) in [5.74, 6) is 0.00501. The van der Waals surface area contributed by atoms with Crippen LogP contribution in [0.4, 0.5) is 0 Å². The predicted molar refractivity (Wildman–Crippen MR) is 43.7 cm³/mol. The van der Waals surface area contributed by atoms with E-state index in [1.165, 1.54) is 0 Å². The normalized spacial score (nSPS) is 30.9. The minimum atomic E-state index is -0.364. The first-order chi connectivity index (χ1) is 5.57. The summed E-state index contributed by atoms with van der Waals surface area (Å²) in [6.45, 7) is 2.70. The summed E-state index contributed by atoms with van der Waals surface area (Å²) in [7, 11) is 1.75. The van der Waals surface area contributed by atoms with Gasteiger partial charge in [-0.05, 0) is 6.92 Å². The highest BCUT2D eigenvalue weighted by molar-refractivity contribution is 5.77. The van der Waals surface area contributed by atoms with E-state index in [4.69, 9.17) is 9.84 Å². The Hall–Kier alpha value is -0.610. The van der Waals surface area contributed by atoms with Crippen LogP contribution in [0.15, 0.2) is 0 Å². The fourth-order valence-corrected chi connectivity index (χ4v) is 1.37. The maximum absolute atomic E-state index is 11.0. The van der Waals surface area contributed by atoms with Gasteiger partial charge < -0.3 is 14.7 Å². The molecule has 0 aromatic heterocycles. The minimum absolute atomic E-state index is 0.00501. The summed E-state index contributed by atoms with van der Waals surface area (Å²) >= 11 is 0. The number of hydrogen-bond acceptors (Lipinski definition) is 3. The van der Waals surface area contributed by atoms with Gasteiger partial charge in [-0.2, -0.15) is 0 Å². The standard InChI is InChI=1S/C8H15NO3/c1-8(3-4-10)6-9(2)7(11)5-12-8/h10H,3-6H2,1-2H3. The van der Waals surface area contributed by atoms with Gasteiger partial charge in [0.25, 0.3) is 0 Å². The molecule has 1 fully saturated rings. The average molecular weight is 173 g/mol. The number of carbonyl (C=O) groups excluding carboxylic acids is 1. The number of rotatable bonds is 2. The van der Waals surface area contributed by atoms with E-state index in [0.29, 0.717) is 13.0 Å². The van der Waals surface area contributed by atoms with E-state index < -0.39 is 0 Å². The van der Waals surface area contributed by atoms with Gasteiger partial charge in [0.1, 0.15) is 6.61 Å². The van der Waals surface area contributed by atoms with Crippen LogP contribution in [0.3, 0.4) is 0 Å². The summed E-state index contributed by atoms with van der Waals surface area (Å²) in [5, 5.41) is 8.75. The van der Waals surface area contributed by atoms with Crippen molar-refractivity contribution >= 4 is 5.91 Å². The average Bonchev–Trinajstić information content (AvgIpc) is 1.98. The molecule has 0 saturated carbocycles. The van der Waals surface area contributed by atoms with Crippen LogP contribution in [0.1, 0.15) is 13.3 Å². The first-order valence-corrected chi connectivity index (χ1v) is 4.06. The van der Waals surface area contributed by atoms with Crippen molar-refractivity contribution in [1.29, 1.82) is 0 Å². The molecule has 1 aliphatic heterocycles. The predicted octanol–water partition coefficient (Wildman–Crippen LogP) is -0.384. The second kappa shape index (κ2) is 3.41. The van der Waals surface area contributed by atoms with Crippen LogP contribution in [-0.2, 0) is 9.53 Å². The summed E-state index contributed by atoms with van der Waals surface area (Å²) < 4.78 is 5.34. The molecule has 12 heavy (non-hydrogen) atoms. The summed E-state index contributed by atoms with van der Waals surface area (Å²) in [5.41, 5.74) is -0.364. The van der Waals surface area contributed by atoms with Gasteiger partial charge in [-0.15, -0.1) is 0 Å². The highest BCUT2D eigenvalue weighted by Gasteiger charge is 2.33. The molecule has 1 saturated heterocycles. The number of amides is 1. The lowest BCUT2D eigenvalue weighted by molar-refractivity contribution is -0.160. The quantitative estimate of drug-likeness (QED) is 0.619. The van der Waals surface area contributed by atoms with E-state index in [1.807, 2.05) is 6.92 Å². The number of aliphatic hydroxyl groups is 1. The van der Waals surface area contributed by atoms with E-state index >= 15 is 0 Å². The van der Waals surface area contributed by atoms with Crippen molar-refractivity contribution in [3.8, 4) is 0 Å². The number of carbonyl (C=O) groups is 1. The zero-order valence-electron chi connectivity index (χ0n) is 7.54. The molecule has 4 nitrogen and oxygen atoms in total. The Bertz CT molecular complexity index is 183. The van der Waals surface area contributed by atoms with E-state index in [9.17, 15) is 4.79 Å². The highest BCUT2D eigenvalue weighted by Crippen LogP contribution is 2.20. The number of ether oxygens (including phenoxy) is 1. The number of nitrogens with zero attached hydrogens (tertiary/aromatic N) is 1. The van der Waals surface area contributed by atoms with Crippen molar-refractivity contribution in [3.05, 3.63) is 0 Å². The third kappa shape index (κ3) is 1.95. The Balaban J connectivity index is 2.54. The van der Waals surface area contributed by atoms with Crippen LogP contribution >= 0.6 is 0 Å². The molecule has 0 spiro atoms. The van der Waals surface area contributed by atoms with Gasteiger partial charge in [0, 0.05) is 26.6 Å². The van der Waals surface area contributed by atoms with Crippen LogP contribution in [0, 0.1) is 0 Å². The molecule has 0 aromatic rings. The molecule has 4 heteroatoms. The molecule has 0 radical (unpaired) electrons. The molecule has 1 atom stereocenters. The van der Waals surface area contributed by atoms with Gasteiger partial charge in [-0.3, -0.25) is 4.79 Å². The molecule has 1 rings (SSSR count). The SMILES string of the molecule is CN1CC(C)(CCO)OCC1=O. The molecule has 1 heterocycles. The maximum atomic E-state index is 11.0. The lowest BCUT2D eigenvalue weighted by Gasteiger charge is -2.38. The largest absolute Gasteiger partial charge is 0.396 e. The second-order valence-electron chi connectivity index (χ2n) is 3.46.